The highest BCUT2D eigenvalue weighted by Gasteiger charge is 2.36. The van der Waals surface area contributed by atoms with Gasteiger partial charge >= 0.3 is 0 Å². The number of hydrogen-bond donors (Lipinski definition) is 0. The molecule has 4 rings (SSSR count). The van der Waals surface area contributed by atoms with Crippen LogP contribution in [0.1, 0.15) is 22.3 Å². The van der Waals surface area contributed by atoms with Crippen molar-refractivity contribution < 1.29 is 9.47 Å². The molecule has 0 bridgehead atoms. The molecule has 2 nitrogen and oxygen atoms in total. The quantitative estimate of drug-likeness (QED) is 0.599. The van der Waals surface area contributed by atoms with E-state index in [2.05, 4.69) is 62.4 Å². The summed E-state index contributed by atoms with van der Waals surface area (Å²) in [7, 11) is 0. The molecular weight excluding hydrogens is 340 g/mol. The predicted molar refractivity (Wildman–Crippen MR) is 108 cm³/mol. The van der Waals surface area contributed by atoms with E-state index in [1.165, 1.54) is 22.3 Å². The van der Waals surface area contributed by atoms with Crippen molar-refractivity contribution in [2.24, 2.45) is 5.41 Å². The van der Waals surface area contributed by atoms with Gasteiger partial charge in [0.05, 0.1) is 13.2 Å². The molecule has 1 aromatic heterocycles. The molecule has 3 aromatic rings. The minimum absolute atomic E-state index is 0.0821. The van der Waals surface area contributed by atoms with Crippen LogP contribution in [0.3, 0.4) is 0 Å². The first kappa shape index (κ1) is 17.2. The summed E-state index contributed by atoms with van der Waals surface area (Å²) in [4.78, 5) is 0. The Morgan fingerprint density at radius 3 is 1.58 bits per heavy atom. The number of thiophene rings is 1. The van der Waals surface area contributed by atoms with Gasteiger partial charge in [0.1, 0.15) is 0 Å². The van der Waals surface area contributed by atoms with Crippen LogP contribution in [0.2, 0.25) is 0 Å². The molecule has 0 N–H and O–H groups in total. The van der Waals surface area contributed by atoms with Crippen LogP contribution >= 0.6 is 11.3 Å². The van der Waals surface area contributed by atoms with Gasteiger partial charge in [0.2, 0.25) is 0 Å². The van der Waals surface area contributed by atoms with E-state index in [1.807, 2.05) is 10.8 Å². The Morgan fingerprint density at radius 2 is 1.15 bits per heavy atom. The first-order chi connectivity index (χ1) is 12.6. The summed E-state index contributed by atoms with van der Waals surface area (Å²) in [5, 5.41) is 4.06. The number of benzene rings is 2. The predicted octanol–water partition coefficient (Wildman–Crippen LogP) is 5.61. The Balaban J connectivity index is 1.62. The van der Waals surface area contributed by atoms with Gasteiger partial charge in [-0.25, -0.2) is 0 Å². The van der Waals surface area contributed by atoms with Crippen molar-refractivity contribution in [3.05, 3.63) is 81.5 Å². The van der Waals surface area contributed by atoms with Crippen LogP contribution in [-0.4, -0.2) is 13.2 Å². The van der Waals surface area contributed by atoms with Gasteiger partial charge < -0.3 is 9.47 Å². The molecule has 0 atom stereocenters. The Bertz CT molecular complexity index is 790. The molecule has 0 spiro atoms. The van der Waals surface area contributed by atoms with Gasteiger partial charge in [0, 0.05) is 16.2 Å². The normalized spacial score (nSPS) is 15.5. The first-order valence-electron chi connectivity index (χ1n) is 9.05. The maximum Gasteiger partial charge on any atom is 0.171 e. The number of rotatable bonds is 4. The summed E-state index contributed by atoms with van der Waals surface area (Å²) >= 11 is 1.63. The van der Waals surface area contributed by atoms with Gasteiger partial charge in [-0.2, -0.15) is 0 Å². The summed E-state index contributed by atoms with van der Waals surface area (Å²) in [5.74, 6) is 1.76. The second-order valence-corrected chi connectivity index (χ2v) is 8.25. The van der Waals surface area contributed by atoms with E-state index < -0.39 is 0 Å². The van der Waals surface area contributed by atoms with E-state index >= 15 is 0 Å². The fourth-order valence-electron chi connectivity index (χ4n) is 3.53. The standard InChI is InChI=1S/C23H24O2S/c1-17-3-7-19(8-4-17)11-23(12-20-9-5-18(2)6-10-20)15-24-21-13-26-14-22(21)25-16-23/h3-10,13-14H,11-12,15-16H2,1-2H3. The maximum atomic E-state index is 6.18. The van der Waals surface area contributed by atoms with E-state index in [0.29, 0.717) is 13.2 Å². The van der Waals surface area contributed by atoms with Crippen LogP contribution in [0.4, 0.5) is 0 Å². The lowest BCUT2D eigenvalue weighted by Crippen LogP contribution is -2.38. The molecule has 0 saturated carbocycles. The number of fused-ring (bicyclic) bond motifs is 1. The summed E-state index contributed by atoms with van der Waals surface area (Å²) in [6.45, 7) is 5.58. The van der Waals surface area contributed by atoms with Crippen molar-refractivity contribution in [2.75, 3.05) is 13.2 Å². The third-order valence-corrected chi connectivity index (χ3v) is 5.76. The highest BCUT2D eigenvalue weighted by atomic mass is 32.1. The third kappa shape index (κ3) is 3.78. The average molecular weight is 365 g/mol. The van der Waals surface area contributed by atoms with Gasteiger partial charge in [-0.15, -0.1) is 11.3 Å². The van der Waals surface area contributed by atoms with Crippen LogP contribution in [0.25, 0.3) is 0 Å². The Hall–Kier alpha value is -2.26. The van der Waals surface area contributed by atoms with E-state index in [9.17, 15) is 0 Å². The molecule has 2 heterocycles. The van der Waals surface area contributed by atoms with Crippen LogP contribution in [0, 0.1) is 19.3 Å². The Morgan fingerprint density at radius 1 is 0.731 bits per heavy atom. The van der Waals surface area contributed by atoms with E-state index in [0.717, 1.165) is 24.3 Å². The van der Waals surface area contributed by atoms with Crippen molar-refractivity contribution in [1.82, 2.24) is 0 Å². The zero-order valence-electron chi connectivity index (χ0n) is 15.3. The van der Waals surface area contributed by atoms with E-state index in [-0.39, 0.29) is 5.41 Å². The molecule has 1 aliphatic rings. The largest absolute Gasteiger partial charge is 0.488 e. The number of aryl methyl sites for hydroxylation is 2. The zero-order chi connectivity index (χ0) is 18.0. The lowest BCUT2D eigenvalue weighted by Gasteiger charge is -2.31. The lowest BCUT2D eigenvalue weighted by molar-refractivity contribution is 0.103. The second-order valence-electron chi connectivity index (χ2n) is 7.50. The van der Waals surface area contributed by atoms with Crippen LogP contribution in [0.15, 0.2) is 59.3 Å². The molecule has 26 heavy (non-hydrogen) atoms. The third-order valence-electron chi connectivity index (χ3n) is 5.06. The van der Waals surface area contributed by atoms with Gasteiger partial charge in [0.25, 0.3) is 0 Å². The van der Waals surface area contributed by atoms with Gasteiger partial charge in [0.15, 0.2) is 11.5 Å². The summed E-state index contributed by atoms with van der Waals surface area (Å²) in [6.07, 6.45) is 1.88. The minimum Gasteiger partial charge on any atom is -0.488 e. The summed E-state index contributed by atoms with van der Waals surface area (Å²) < 4.78 is 12.4. The fraction of sp³-hybridized carbons (Fsp3) is 0.304. The lowest BCUT2D eigenvalue weighted by atomic mass is 9.77. The van der Waals surface area contributed by atoms with Crippen molar-refractivity contribution >= 4 is 11.3 Å². The van der Waals surface area contributed by atoms with Gasteiger partial charge in [-0.3, -0.25) is 0 Å². The molecule has 0 saturated heterocycles. The first-order valence-corrected chi connectivity index (χ1v) is 9.99. The fourth-order valence-corrected chi connectivity index (χ4v) is 4.22. The highest BCUT2D eigenvalue weighted by Crippen LogP contribution is 2.39. The molecule has 0 aliphatic carbocycles. The number of hydrogen-bond acceptors (Lipinski definition) is 3. The number of ether oxygens (including phenoxy) is 2. The molecule has 134 valence electrons. The van der Waals surface area contributed by atoms with Crippen molar-refractivity contribution in [3.8, 4) is 11.5 Å². The van der Waals surface area contributed by atoms with Gasteiger partial charge in [-0.1, -0.05) is 59.7 Å². The van der Waals surface area contributed by atoms with Crippen molar-refractivity contribution in [3.63, 3.8) is 0 Å². The zero-order valence-corrected chi connectivity index (χ0v) is 16.1. The van der Waals surface area contributed by atoms with Crippen molar-refractivity contribution in [2.45, 2.75) is 26.7 Å². The van der Waals surface area contributed by atoms with Crippen molar-refractivity contribution in [1.29, 1.82) is 0 Å². The van der Waals surface area contributed by atoms with Gasteiger partial charge in [-0.05, 0) is 37.8 Å². The summed E-state index contributed by atoms with van der Waals surface area (Å²) in [5.41, 5.74) is 5.16. The molecule has 0 radical (unpaired) electrons. The Kier molecular flexibility index (Phi) is 4.73. The average Bonchev–Trinajstić information content (AvgIpc) is 3.03. The topological polar surface area (TPSA) is 18.5 Å². The van der Waals surface area contributed by atoms with Crippen LogP contribution in [0.5, 0.6) is 11.5 Å². The molecule has 3 heteroatoms. The monoisotopic (exact) mass is 364 g/mol. The Labute approximate surface area is 159 Å². The van der Waals surface area contributed by atoms with E-state index in [4.69, 9.17) is 9.47 Å². The minimum atomic E-state index is -0.0821. The molecule has 0 unspecified atom stereocenters. The summed E-state index contributed by atoms with van der Waals surface area (Å²) in [6, 6.07) is 17.7. The van der Waals surface area contributed by atoms with Crippen LogP contribution in [-0.2, 0) is 12.8 Å². The smallest absolute Gasteiger partial charge is 0.171 e. The SMILES string of the molecule is Cc1ccc(CC2(Cc3ccc(C)cc3)COc3cscc3OC2)cc1. The molecule has 2 aromatic carbocycles. The molecular formula is C23H24O2S. The van der Waals surface area contributed by atoms with E-state index in [1.54, 1.807) is 11.3 Å². The highest BCUT2D eigenvalue weighted by molar-refractivity contribution is 7.08. The molecule has 1 aliphatic heterocycles. The maximum absolute atomic E-state index is 6.18. The molecule has 0 fully saturated rings. The second kappa shape index (κ2) is 7.16. The molecule has 0 amide bonds. The van der Waals surface area contributed by atoms with Crippen LogP contribution < -0.4 is 9.47 Å².